The van der Waals surface area contributed by atoms with Crippen LogP contribution in [-0.4, -0.2) is 44.9 Å². The van der Waals surface area contributed by atoms with Crippen LogP contribution < -0.4 is 10.5 Å². The minimum absolute atomic E-state index is 0.0889. The number of carbonyl (C=O) groups excluding carboxylic acids is 1. The Hall–Kier alpha value is -1.44. The average Bonchev–Trinajstić information content (AvgIpc) is 2.67. The van der Waals surface area contributed by atoms with Crippen molar-refractivity contribution < 1.29 is 13.2 Å². The second-order valence-electron chi connectivity index (χ2n) is 6.86. The predicted molar refractivity (Wildman–Crippen MR) is 103 cm³/mol. The van der Waals surface area contributed by atoms with Crippen LogP contribution in [0.5, 0.6) is 0 Å². The van der Waals surface area contributed by atoms with Gasteiger partial charge in [0.1, 0.15) is 0 Å². The molecule has 1 aliphatic rings. The van der Waals surface area contributed by atoms with E-state index in [0.717, 1.165) is 25.7 Å². The Morgan fingerprint density at radius 2 is 1.73 bits per heavy atom. The molecule has 1 saturated carbocycles. The van der Waals surface area contributed by atoms with Crippen LogP contribution in [-0.2, 0) is 10.0 Å². The molecule has 1 fully saturated rings. The molecular formula is C19H31N3O3S. The molecule has 0 heterocycles. The molecule has 0 saturated heterocycles. The lowest BCUT2D eigenvalue weighted by Gasteiger charge is -2.29. The fourth-order valence-electron chi connectivity index (χ4n) is 3.61. The highest BCUT2D eigenvalue weighted by Crippen LogP contribution is 2.27. The Morgan fingerprint density at radius 3 is 2.23 bits per heavy atom. The summed E-state index contributed by atoms with van der Waals surface area (Å²) in [5.74, 6) is 0.209. The Balaban J connectivity index is 2.11. The van der Waals surface area contributed by atoms with E-state index >= 15 is 0 Å². The normalized spacial score (nSPS) is 17.0. The third-order valence-corrected chi connectivity index (χ3v) is 6.75. The van der Waals surface area contributed by atoms with Gasteiger partial charge >= 0.3 is 0 Å². The van der Waals surface area contributed by atoms with Crippen molar-refractivity contribution in [2.45, 2.75) is 56.9 Å². The van der Waals surface area contributed by atoms with E-state index < -0.39 is 10.0 Å². The Labute approximate surface area is 157 Å². The van der Waals surface area contributed by atoms with Gasteiger partial charge in [0.2, 0.25) is 10.0 Å². The van der Waals surface area contributed by atoms with Crippen molar-refractivity contribution in [1.29, 1.82) is 0 Å². The van der Waals surface area contributed by atoms with Gasteiger partial charge in [0.15, 0.2) is 0 Å². The van der Waals surface area contributed by atoms with Crippen molar-refractivity contribution >= 4 is 15.9 Å². The number of nitrogens with one attached hydrogen (secondary N) is 1. The minimum atomic E-state index is -3.65. The lowest BCUT2D eigenvalue weighted by molar-refractivity contribution is 0.0773. The van der Waals surface area contributed by atoms with Crippen LogP contribution in [0, 0.1) is 5.92 Å². The zero-order valence-corrected chi connectivity index (χ0v) is 16.6. The fourth-order valence-corrected chi connectivity index (χ4v) is 4.93. The smallest absolute Gasteiger partial charge is 0.253 e. The van der Waals surface area contributed by atoms with E-state index in [1.54, 1.807) is 17.0 Å². The van der Waals surface area contributed by atoms with Gasteiger partial charge in [-0.05, 0) is 56.9 Å². The van der Waals surface area contributed by atoms with Crippen LogP contribution in [0.4, 0.5) is 0 Å². The van der Waals surface area contributed by atoms with Gasteiger partial charge in [0.05, 0.1) is 4.90 Å². The summed E-state index contributed by atoms with van der Waals surface area (Å²) in [5.41, 5.74) is 6.34. The van der Waals surface area contributed by atoms with Crippen molar-refractivity contribution in [2.75, 3.05) is 19.6 Å². The molecule has 1 aromatic carbocycles. The number of amides is 1. The van der Waals surface area contributed by atoms with E-state index in [9.17, 15) is 13.2 Å². The summed E-state index contributed by atoms with van der Waals surface area (Å²) < 4.78 is 28.2. The van der Waals surface area contributed by atoms with Crippen LogP contribution in [0.1, 0.15) is 56.3 Å². The van der Waals surface area contributed by atoms with Gasteiger partial charge in [0.25, 0.3) is 5.91 Å². The number of carbonyl (C=O) groups is 1. The van der Waals surface area contributed by atoms with E-state index in [-0.39, 0.29) is 16.8 Å². The molecule has 0 spiro atoms. The van der Waals surface area contributed by atoms with E-state index in [0.29, 0.717) is 31.1 Å². The lowest BCUT2D eigenvalue weighted by Crippen LogP contribution is -2.45. The number of hydrogen-bond acceptors (Lipinski definition) is 4. The molecule has 3 N–H and O–H groups in total. The maximum atomic E-state index is 12.7. The summed E-state index contributed by atoms with van der Waals surface area (Å²) in [7, 11) is -3.65. The number of nitrogens with zero attached hydrogens (tertiary/aromatic N) is 1. The highest BCUT2D eigenvalue weighted by Gasteiger charge is 2.27. The average molecular weight is 382 g/mol. The first kappa shape index (κ1) is 20.9. The van der Waals surface area contributed by atoms with Gasteiger partial charge in [-0.3, -0.25) is 4.79 Å². The topological polar surface area (TPSA) is 92.5 Å². The summed E-state index contributed by atoms with van der Waals surface area (Å²) in [6.45, 7) is 5.38. The summed E-state index contributed by atoms with van der Waals surface area (Å²) in [6.07, 6.45) is 5.50. The monoisotopic (exact) mass is 381 g/mol. The molecule has 1 atom stereocenters. The lowest BCUT2D eigenvalue weighted by atomic mass is 9.84. The molecular weight excluding hydrogens is 350 g/mol. The van der Waals surface area contributed by atoms with Crippen LogP contribution in [0.25, 0.3) is 0 Å². The van der Waals surface area contributed by atoms with E-state index in [4.69, 9.17) is 5.73 Å². The van der Waals surface area contributed by atoms with Gasteiger partial charge in [-0.1, -0.05) is 19.3 Å². The maximum Gasteiger partial charge on any atom is 0.253 e. The second-order valence-corrected chi connectivity index (χ2v) is 8.58. The quantitative estimate of drug-likeness (QED) is 0.723. The molecule has 1 amide bonds. The third kappa shape index (κ3) is 5.05. The summed E-state index contributed by atoms with van der Waals surface area (Å²) in [5, 5.41) is 0. The van der Waals surface area contributed by atoms with Crippen LogP contribution in [0.2, 0.25) is 0 Å². The Kier molecular flexibility index (Phi) is 7.61. The zero-order chi connectivity index (χ0) is 19.2. The van der Waals surface area contributed by atoms with E-state index in [1.807, 2.05) is 13.8 Å². The van der Waals surface area contributed by atoms with Crippen LogP contribution >= 0.6 is 0 Å². The Morgan fingerprint density at radius 1 is 1.15 bits per heavy atom. The second kappa shape index (κ2) is 9.48. The predicted octanol–water partition coefficient (Wildman–Crippen LogP) is 2.35. The molecule has 0 aliphatic heterocycles. The number of sulfonamides is 1. The van der Waals surface area contributed by atoms with E-state index in [1.165, 1.54) is 18.6 Å². The molecule has 6 nitrogen and oxygen atoms in total. The summed E-state index contributed by atoms with van der Waals surface area (Å²) >= 11 is 0. The number of hydrogen-bond donors (Lipinski definition) is 2. The fraction of sp³-hybridized carbons (Fsp3) is 0.632. The molecule has 0 bridgehead atoms. The first-order valence-corrected chi connectivity index (χ1v) is 11.0. The number of benzene rings is 1. The van der Waals surface area contributed by atoms with E-state index in [2.05, 4.69) is 4.72 Å². The van der Waals surface area contributed by atoms with Gasteiger partial charge < -0.3 is 10.6 Å². The van der Waals surface area contributed by atoms with Gasteiger partial charge in [-0.2, -0.15) is 0 Å². The highest BCUT2D eigenvalue weighted by molar-refractivity contribution is 7.89. The van der Waals surface area contributed by atoms with Crippen molar-refractivity contribution in [3.05, 3.63) is 29.8 Å². The first-order valence-electron chi connectivity index (χ1n) is 9.54. The first-order chi connectivity index (χ1) is 12.4. The largest absolute Gasteiger partial charge is 0.339 e. The standard InChI is InChI=1S/C19H31N3O3S/c1-3-22(4-2)19(23)16-10-12-17(13-11-16)26(24,25)21-18(14-20)15-8-6-5-7-9-15/h10-13,15,18,21H,3-9,14,20H2,1-2H3. The molecule has 26 heavy (non-hydrogen) atoms. The van der Waals surface area contributed by atoms with Crippen LogP contribution in [0.15, 0.2) is 29.2 Å². The zero-order valence-electron chi connectivity index (χ0n) is 15.8. The third-order valence-electron chi connectivity index (χ3n) is 5.24. The molecule has 146 valence electrons. The molecule has 1 aromatic rings. The summed E-state index contributed by atoms with van der Waals surface area (Å²) in [4.78, 5) is 14.2. The molecule has 0 radical (unpaired) electrons. The van der Waals surface area contributed by atoms with Crippen molar-refractivity contribution in [1.82, 2.24) is 9.62 Å². The molecule has 1 unspecified atom stereocenters. The van der Waals surface area contributed by atoms with Gasteiger partial charge in [-0.25, -0.2) is 13.1 Å². The van der Waals surface area contributed by atoms with Crippen molar-refractivity contribution in [2.24, 2.45) is 11.7 Å². The highest BCUT2D eigenvalue weighted by atomic mass is 32.2. The van der Waals surface area contributed by atoms with Crippen molar-refractivity contribution in [3.8, 4) is 0 Å². The number of nitrogens with two attached hydrogens (primary N) is 1. The number of rotatable bonds is 8. The van der Waals surface area contributed by atoms with Crippen molar-refractivity contribution in [3.63, 3.8) is 0 Å². The minimum Gasteiger partial charge on any atom is -0.339 e. The molecule has 1 aliphatic carbocycles. The SMILES string of the molecule is CCN(CC)C(=O)c1ccc(S(=O)(=O)NC(CN)C2CCCCC2)cc1. The van der Waals surface area contributed by atoms with Gasteiger partial charge in [-0.15, -0.1) is 0 Å². The maximum absolute atomic E-state index is 12.7. The molecule has 7 heteroatoms. The van der Waals surface area contributed by atoms with Crippen LogP contribution in [0.3, 0.4) is 0 Å². The molecule has 0 aromatic heterocycles. The summed E-state index contributed by atoms with van der Waals surface area (Å²) in [6, 6.07) is 5.90. The Bertz CT molecular complexity index is 678. The molecule has 2 rings (SSSR count). The van der Waals surface area contributed by atoms with Gasteiger partial charge in [0, 0.05) is 31.2 Å².